The number of primary amides is 1. The molecule has 0 spiro atoms. The number of hydrogen-bond acceptors (Lipinski definition) is 21. The molecule has 0 saturated carbocycles. The summed E-state index contributed by atoms with van der Waals surface area (Å²) in [6, 6.07) is 1.49. The number of carboxylic acids is 1. The van der Waals surface area contributed by atoms with E-state index in [9.17, 15) is 77.6 Å². The number of urea groups is 1. The highest BCUT2D eigenvalue weighted by molar-refractivity contribution is 7.99. The number of unbranched alkanes of at least 4 members (excludes halogenated alkanes) is 1. The lowest BCUT2D eigenvalue weighted by atomic mass is 9.83. The number of esters is 1. The molecule has 0 unspecified atom stereocenters. The summed E-state index contributed by atoms with van der Waals surface area (Å²) in [6.45, 7) is 6.16. The number of hydrogen-bond donors (Lipinski definition) is 11. The monoisotopic (exact) mass is 1510 g/mol. The van der Waals surface area contributed by atoms with E-state index in [4.69, 9.17) is 41.0 Å². The molecule has 0 aromatic heterocycles. The third-order valence-corrected chi connectivity index (χ3v) is 19.9. The number of amides is 12. The number of nitrogens with zero attached hydrogens (tertiary/aromatic N) is 4. The number of thioether (sulfide) groups is 1. The number of aromatic hydroxyl groups is 1. The number of benzene rings is 2. The van der Waals surface area contributed by atoms with Crippen molar-refractivity contribution in [1.29, 1.82) is 0 Å². The number of nitrogens with two attached hydrogens (primary N) is 1. The fraction of sp³-hybridized carbons (Fsp3) is 0.586. The summed E-state index contributed by atoms with van der Waals surface area (Å²) in [5.74, 6) is -9.05. The summed E-state index contributed by atoms with van der Waals surface area (Å²) in [5, 5.41) is 50.2. The van der Waals surface area contributed by atoms with E-state index in [-0.39, 0.29) is 122 Å². The van der Waals surface area contributed by atoms with Crippen LogP contribution in [-0.2, 0) is 84.5 Å². The molecule has 12 N–H and O–H groups in total. The maximum atomic E-state index is 14.5. The van der Waals surface area contributed by atoms with Crippen LogP contribution in [0.15, 0.2) is 60.2 Å². The first-order valence-electron chi connectivity index (χ1n) is 34.4. The largest absolute Gasteiger partial charge is 0.508 e. The number of aliphatic hydroxyl groups is 1. The molecule has 4 aliphatic heterocycles. The second-order valence-electron chi connectivity index (χ2n) is 27.8. The van der Waals surface area contributed by atoms with Gasteiger partial charge in [0.1, 0.15) is 77.7 Å². The third-order valence-electron chi connectivity index (χ3n) is 18.5. The van der Waals surface area contributed by atoms with Gasteiger partial charge >= 0.3 is 24.1 Å². The molecule has 105 heavy (non-hydrogen) atoms. The van der Waals surface area contributed by atoms with E-state index in [0.717, 1.165) is 32.7 Å². The third kappa shape index (κ3) is 24.8. The van der Waals surface area contributed by atoms with Crippen molar-refractivity contribution in [3.8, 4) is 11.5 Å². The number of ether oxygens (including phenoxy) is 5. The summed E-state index contributed by atoms with van der Waals surface area (Å²) >= 11 is 7.85. The lowest BCUT2D eigenvalue weighted by Crippen LogP contribution is -2.63. The standard InChI is InChI=1S/C70H99ClN12O21S/c1-39-16-14-19-52(101-11)70(99)35-51(102-68(98)79-70)40(2)61-69(4,104-61)53(34-59(90)81(6)49-32-43(30-39)33-50(100-10)60(49)71)103-66(96)41(3)80(5)56(87)26-29-105-38-55(86)75-45(18-15-28-74-67(72)97)63(92)77-46(64(93)78-47(65(94)95)31-42-20-22-44(84)23-21-42)17-12-13-27-73-62(91)48(37-83(7,8)9)76-54(85)36-82-57(88)24-25-58(82)89/h14,16,19-23,32-33,40-41,45-48,51-53,61,99H,12-13,15,17-18,24-31,34-38H2,1-11H3,(H10-,72,73,74,75,76,77,78,79,84,85,86,91,92,93,94,95,97,98)/p+1/b19-14+,39-16+/t40-,41+,45+,46+,47+,48+,51+,52-,53+,61+,69+,70+/m1/s1. The lowest BCUT2D eigenvalue weighted by Gasteiger charge is -2.42. The zero-order valence-electron chi connectivity index (χ0n) is 61.0. The van der Waals surface area contributed by atoms with E-state index in [2.05, 4.69) is 37.2 Å². The summed E-state index contributed by atoms with van der Waals surface area (Å²) in [6.07, 6.45) is -0.637. The van der Waals surface area contributed by atoms with Crippen LogP contribution >= 0.6 is 23.4 Å². The molecule has 4 heterocycles. The van der Waals surface area contributed by atoms with Crippen LogP contribution in [0.5, 0.6) is 11.5 Å². The van der Waals surface area contributed by atoms with Crippen LogP contribution in [0.3, 0.4) is 0 Å². The first kappa shape index (κ1) is 84.8. The first-order valence-corrected chi connectivity index (χ1v) is 36.0. The number of carboxylic acid groups (broad SMARTS) is 1. The summed E-state index contributed by atoms with van der Waals surface area (Å²) in [7, 11) is 11.0. The van der Waals surface area contributed by atoms with E-state index in [1.54, 1.807) is 65.4 Å². The number of quaternary nitrogens is 1. The minimum Gasteiger partial charge on any atom is -0.508 e. The Hall–Kier alpha value is -9.09. The maximum Gasteiger partial charge on any atom is 0.409 e. The number of alkyl carbamates (subject to hydrolysis) is 1. The number of nitrogens with one attached hydrogen (secondary N) is 7. The molecular formula is C70H100ClN12O21S+. The van der Waals surface area contributed by atoms with E-state index in [1.807, 2.05) is 6.92 Å². The van der Waals surface area contributed by atoms with Gasteiger partial charge in [0.2, 0.25) is 53.2 Å². The highest BCUT2D eigenvalue weighted by Gasteiger charge is 2.64. The van der Waals surface area contributed by atoms with Crippen LogP contribution in [-0.4, -0.2) is 260 Å². The molecule has 2 aromatic carbocycles. The molecule has 35 heteroatoms. The number of likely N-dealkylation sites (tertiary alicyclic amines) is 1. The van der Waals surface area contributed by atoms with Gasteiger partial charge in [0.15, 0.2) is 11.8 Å². The number of carbonyl (C=O) groups is 13. The van der Waals surface area contributed by atoms with Gasteiger partial charge in [0, 0.05) is 78.1 Å². The number of anilines is 1. The molecule has 12 atom stereocenters. The Morgan fingerprint density at radius 3 is 2.12 bits per heavy atom. The molecule has 33 nitrogen and oxygen atoms in total. The minimum atomic E-state index is -1.95. The molecule has 3 fully saturated rings. The topological polar surface area (TPSA) is 452 Å². The van der Waals surface area contributed by atoms with E-state index in [1.165, 1.54) is 64.4 Å². The first-order chi connectivity index (χ1) is 49.4. The minimum absolute atomic E-state index is 0.00551. The fourth-order valence-corrected chi connectivity index (χ4v) is 13.4. The van der Waals surface area contributed by atoms with Crippen molar-refractivity contribution in [2.45, 2.75) is 171 Å². The number of fused-ring (bicyclic) bond motifs is 5. The van der Waals surface area contributed by atoms with Gasteiger partial charge in [0.25, 0.3) is 0 Å². The summed E-state index contributed by atoms with van der Waals surface area (Å²) in [5.41, 5.74) is 4.23. The van der Waals surface area contributed by atoms with Gasteiger partial charge in [-0.3, -0.25) is 53.4 Å². The van der Waals surface area contributed by atoms with Crippen molar-refractivity contribution in [3.05, 3.63) is 76.3 Å². The van der Waals surface area contributed by atoms with Gasteiger partial charge in [-0.15, -0.1) is 0 Å². The predicted molar refractivity (Wildman–Crippen MR) is 383 cm³/mol. The summed E-state index contributed by atoms with van der Waals surface area (Å²) in [4.78, 5) is 177. The number of phenols is 1. The predicted octanol–water partition coefficient (Wildman–Crippen LogP) is 1.20. The zero-order valence-corrected chi connectivity index (χ0v) is 62.6. The average Bonchev–Trinajstić information content (AvgIpc) is 1.57. The Bertz CT molecular complexity index is 3580. The van der Waals surface area contributed by atoms with Crippen molar-refractivity contribution < 1.29 is 106 Å². The molecule has 0 aliphatic carbocycles. The van der Waals surface area contributed by atoms with Gasteiger partial charge < -0.3 is 90.9 Å². The number of halogens is 1. The smallest absolute Gasteiger partial charge is 0.409 e. The Kier molecular flexibility index (Phi) is 30.9. The second kappa shape index (κ2) is 38.3. The van der Waals surface area contributed by atoms with E-state index < -0.39 is 162 Å². The number of methoxy groups -OCH3 is 2. The number of imide groups is 1. The molecule has 0 radical (unpaired) electrons. The van der Waals surface area contributed by atoms with Crippen LogP contribution in [0.25, 0.3) is 0 Å². The molecular weight excluding hydrogens is 1410 g/mol. The van der Waals surface area contributed by atoms with Crippen molar-refractivity contribution in [2.24, 2.45) is 11.7 Å². The molecule has 12 amide bonds. The molecule has 578 valence electrons. The average molecular weight is 1510 g/mol. The van der Waals surface area contributed by atoms with Gasteiger partial charge in [0.05, 0.1) is 52.2 Å². The number of rotatable bonds is 33. The Balaban J connectivity index is 1.12. The van der Waals surface area contributed by atoms with Gasteiger partial charge in [-0.1, -0.05) is 54.5 Å². The Labute approximate surface area is 618 Å². The molecule has 6 rings (SSSR count). The fourth-order valence-electron chi connectivity index (χ4n) is 12.4. The number of phenolic OH excluding ortho intramolecular Hbond substituents is 1. The number of aliphatic carboxylic acids is 1. The SMILES string of the molecule is COc1cc2cc(c1Cl)N(C)C(=O)C[C@H](OC(=O)[C@H](C)N(C)C(=O)CCSCC(=O)N[C@@H](CCCNC(N)=O)C(=O)N[C@@H](CCCCNC(=O)[C@H](C[N+](C)(C)C)NC(=O)CN1C(=O)CCC1=O)C(=O)N[C@@H](Cc1ccc(O)cc1)C(=O)O)[C@]1(C)O[C@H]1[C@H](C)[C@@H]1C[C@@](O)(NC(=O)O1)[C@H](OC)/C=C/C=C(\C)C2. The van der Waals surface area contributed by atoms with Crippen LogP contribution in [0.1, 0.15) is 103 Å². The quantitative estimate of drug-likeness (QED) is 0.0157. The summed E-state index contributed by atoms with van der Waals surface area (Å²) < 4.78 is 29.8. The normalized spacial score (nSPS) is 23.4. The van der Waals surface area contributed by atoms with Crippen molar-refractivity contribution in [1.82, 2.24) is 47.0 Å². The molecule has 3 saturated heterocycles. The number of carbonyl (C=O) groups excluding carboxylic acids is 12. The highest BCUT2D eigenvalue weighted by atomic mass is 35.5. The van der Waals surface area contributed by atoms with Gasteiger partial charge in [-0.05, 0) is 94.7 Å². The van der Waals surface area contributed by atoms with Gasteiger partial charge in [-0.2, -0.15) is 11.8 Å². The number of allylic oxidation sites excluding steroid dienone is 3. The maximum absolute atomic E-state index is 14.5. The molecule has 4 bridgehead atoms. The molecule has 4 aliphatic rings. The Morgan fingerprint density at radius 2 is 1.50 bits per heavy atom. The lowest BCUT2D eigenvalue weighted by molar-refractivity contribution is -0.870. The second-order valence-corrected chi connectivity index (χ2v) is 29.3. The van der Waals surface area contributed by atoms with Crippen molar-refractivity contribution in [2.75, 3.05) is 92.0 Å². The highest BCUT2D eigenvalue weighted by Crippen LogP contribution is 2.49. The Morgan fingerprint density at radius 1 is 0.867 bits per heavy atom. The van der Waals surface area contributed by atoms with Crippen molar-refractivity contribution in [3.63, 3.8) is 0 Å². The number of likely N-dealkylation sites (N-methyl/N-ethyl adjacent to an activating group) is 2. The van der Waals surface area contributed by atoms with Crippen LogP contribution in [0, 0.1) is 5.92 Å². The zero-order chi connectivity index (χ0) is 77.8. The van der Waals surface area contributed by atoms with Crippen LogP contribution < -0.4 is 52.6 Å². The van der Waals surface area contributed by atoms with E-state index >= 15 is 0 Å². The van der Waals surface area contributed by atoms with Crippen LogP contribution in [0.2, 0.25) is 5.02 Å². The van der Waals surface area contributed by atoms with Crippen molar-refractivity contribution >= 4 is 106 Å². The van der Waals surface area contributed by atoms with Gasteiger partial charge in [-0.25, -0.2) is 19.2 Å². The van der Waals surface area contributed by atoms with E-state index in [0.29, 0.717) is 12.0 Å². The molecule has 2 aromatic rings. The number of epoxide rings is 1. The van der Waals surface area contributed by atoms with Crippen LogP contribution in [0.4, 0.5) is 15.3 Å².